The Morgan fingerprint density at radius 2 is 2.00 bits per heavy atom. The van der Waals surface area contributed by atoms with E-state index < -0.39 is 0 Å². The molecule has 0 aliphatic carbocycles. The Kier molecular flexibility index (Phi) is 5.45. The first kappa shape index (κ1) is 12.0. The molecule has 0 bridgehead atoms. The molecule has 1 fully saturated rings. The molecule has 0 aromatic carbocycles. The van der Waals surface area contributed by atoms with Crippen LogP contribution < -0.4 is 10.6 Å². The van der Waals surface area contributed by atoms with Crippen LogP contribution in [0.25, 0.3) is 0 Å². The summed E-state index contributed by atoms with van der Waals surface area (Å²) in [4.78, 5) is 2.43. The molecular formula is C11H25N3. The van der Waals surface area contributed by atoms with Crippen molar-refractivity contribution in [1.82, 2.24) is 15.5 Å². The van der Waals surface area contributed by atoms with Crippen molar-refractivity contribution in [2.75, 3.05) is 40.3 Å². The van der Waals surface area contributed by atoms with Crippen molar-refractivity contribution >= 4 is 0 Å². The molecular weight excluding hydrogens is 174 g/mol. The topological polar surface area (TPSA) is 27.3 Å². The number of nitrogens with zero attached hydrogens (tertiary/aromatic N) is 1. The molecule has 84 valence electrons. The largest absolute Gasteiger partial charge is 0.315 e. The van der Waals surface area contributed by atoms with Crippen LogP contribution >= 0.6 is 0 Å². The normalized spacial score (nSPS) is 22.5. The first-order valence-corrected chi connectivity index (χ1v) is 5.84. The first-order chi connectivity index (χ1) is 6.77. The van der Waals surface area contributed by atoms with Crippen LogP contribution in [0.3, 0.4) is 0 Å². The van der Waals surface area contributed by atoms with Gasteiger partial charge in [-0.15, -0.1) is 0 Å². The highest BCUT2D eigenvalue weighted by Gasteiger charge is 2.23. The quantitative estimate of drug-likeness (QED) is 0.676. The number of likely N-dealkylation sites (tertiary alicyclic amines) is 1. The van der Waals surface area contributed by atoms with Gasteiger partial charge in [-0.3, -0.25) is 0 Å². The van der Waals surface area contributed by atoms with Crippen LogP contribution in [0.5, 0.6) is 0 Å². The van der Waals surface area contributed by atoms with Crippen LogP contribution in [0.2, 0.25) is 0 Å². The van der Waals surface area contributed by atoms with Crippen LogP contribution in [0.4, 0.5) is 0 Å². The van der Waals surface area contributed by atoms with E-state index in [0.29, 0.717) is 6.04 Å². The van der Waals surface area contributed by atoms with Gasteiger partial charge in [0.1, 0.15) is 0 Å². The van der Waals surface area contributed by atoms with Crippen molar-refractivity contribution in [3.05, 3.63) is 0 Å². The second-order valence-corrected chi connectivity index (χ2v) is 4.34. The molecule has 3 heteroatoms. The molecule has 1 saturated heterocycles. The highest BCUT2D eigenvalue weighted by Crippen LogP contribution is 2.19. The second kappa shape index (κ2) is 6.38. The van der Waals surface area contributed by atoms with E-state index in [1.54, 1.807) is 0 Å². The molecule has 0 aromatic rings. The van der Waals surface area contributed by atoms with Crippen molar-refractivity contribution in [2.24, 2.45) is 5.92 Å². The van der Waals surface area contributed by atoms with Gasteiger partial charge in [0.25, 0.3) is 0 Å². The lowest BCUT2D eigenvalue weighted by Crippen LogP contribution is -2.46. The van der Waals surface area contributed by atoms with E-state index in [2.05, 4.69) is 36.6 Å². The Bertz CT molecular complexity index is 139. The number of nitrogens with one attached hydrogen (secondary N) is 2. The van der Waals surface area contributed by atoms with Crippen LogP contribution in [0.1, 0.15) is 19.8 Å². The fourth-order valence-electron chi connectivity index (χ4n) is 2.24. The number of piperidine rings is 1. The zero-order valence-electron chi connectivity index (χ0n) is 9.84. The summed E-state index contributed by atoms with van der Waals surface area (Å²) in [5.74, 6) is 0.857. The van der Waals surface area contributed by atoms with Crippen molar-refractivity contribution < 1.29 is 0 Å². The number of hydrogen-bond acceptors (Lipinski definition) is 3. The van der Waals surface area contributed by atoms with Gasteiger partial charge >= 0.3 is 0 Å². The van der Waals surface area contributed by atoms with Crippen molar-refractivity contribution in [3.63, 3.8) is 0 Å². The van der Waals surface area contributed by atoms with Gasteiger partial charge in [-0.05, 0) is 52.5 Å². The fourth-order valence-corrected chi connectivity index (χ4v) is 2.24. The van der Waals surface area contributed by atoms with Crippen molar-refractivity contribution in [3.8, 4) is 0 Å². The summed E-state index contributed by atoms with van der Waals surface area (Å²) in [6.07, 6.45) is 2.68. The molecule has 0 saturated carbocycles. The summed E-state index contributed by atoms with van der Waals surface area (Å²) in [5, 5.41) is 6.87. The molecule has 1 aliphatic rings. The molecule has 2 N–H and O–H groups in total. The smallest absolute Gasteiger partial charge is 0.0218 e. The van der Waals surface area contributed by atoms with Gasteiger partial charge in [0.2, 0.25) is 0 Å². The van der Waals surface area contributed by atoms with Gasteiger partial charge in [-0.25, -0.2) is 0 Å². The molecule has 1 atom stereocenters. The van der Waals surface area contributed by atoms with Crippen molar-refractivity contribution in [2.45, 2.75) is 25.8 Å². The van der Waals surface area contributed by atoms with E-state index in [-0.39, 0.29) is 0 Å². The number of likely N-dealkylation sites (N-methyl/N-ethyl adjacent to an activating group) is 2. The molecule has 1 unspecified atom stereocenters. The van der Waals surface area contributed by atoms with E-state index in [0.717, 1.165) is 19.0 Å². The molecule has 1 aliphatic heterocycles. The van der Waals surface area contributed by atoms with Gasteiger partial charge in [0.15, 0.2) is 0 Å². The maximum absolute atomic E-state index is 3.44. The molecule has 0 aromatic heterocycles. The summed E-state index contributed by atoms with van der Waals surface area (Å²) in [7, 11) is 4.30. The molecule has 14 heavy (non-hydrogen) atoms. The average Bonchev–Trinajstić information content (AvgIpc) is 2.21. The Morgan fingerprint density at radius 3 is 2.50 bits per heavy atom. The zero-order valence-corrected chi connectivity index (χ0v) is 9.84. The molecule has 0 spiro atoms. The maximum Gasteiger partial charge on any atom is 0.0218 e. The van der Waals surface area contributed by atoms with Gasteiger partial charge in [-0.1, -0.05) is 6.92 Å². The van der Waals surface area contributed by atoms with E-state index in [1.165, 1.54) is 25.9 Å². The Hall–Kier alpha value is -0.120. The summed E-state index contributed by atoms with van der Waals surface area (Å²) in [6, 6.07) is 0.656. The molecule has 3 nitrogen and oxygen atoms in total. The molecule has 0 radical (unpaired) electrons. The monoisotopic (exact) mass is 199 g/mol. The van der Waals surface area contributed by atoms with E-state index in [4.69, 9.17) is 0 Å². The predicted octanol–water partition coefficient (Wildman–Crippen LogP) is 0.526. The van der Waals surface area contributed by atoms with Gasteiger partial charge < -0.3 is 15.5 Å². The summed E-state index contributed by atoms with van der Waals surface area (Å²) < 4.78 is 0. The van der Waals surface area contributed by atoms with Crippen LogP contribution in [0.15, 0.2) is 0 Å². The Labute approximate surface area is 88.2 Å². The summed E-state index contributed by atoms with van der Waals surface area (Å²) >= 11 is 0. The minimum atomic E-state index is 0.656. The Morgan fingerprint density at radius 1 is 1.36 bits per heavy atom. The third kappa shape index (κ3) is 3.56. The lowest BCUT2D eigenvalue weighted by atomic mass is 9.89. The van der Waals surface area contributed by atoms with Gasteiger partial charge in [0, 0.05) is 12.6 Å². The lowest BCUT2D eigenvalue weighted by Gasteiger charge is -2.34. The van der Waals surface area contributed by atoms with E-state index in [9.17, 15) is 0 Å². The minimum absolute atomic E-state index is 0.656. The second-order valence-electron chi connectivity index (χ2n) is 4.34. The van der Waals surface area contributed by atoms with Crippen LogP contribution in [-0.2, 0) is 0 Å². The minimum Gasteiger partial charge on any atom is -0.315 e. The maximum atomic E-state index is 3.44. The third-order valence-corrected chi connectivity index (χ3v) is 3.32. The first-order valence-electron chi connectivity index (χ1n) is 5.84. The van der Waals surface area contributed by atoms with Gasteiger partial charge in [-0.2, -0.15) is 0 Å². The average molecular weight is 199 g/mol. The van der Waals surface area contributed by atoms with E-state index in [1.807, 2.05) is 0 Å². The summed E-state index contributed by atoms with van der Waals surface area (Å²) in [6.45, 7) is 6.87. The highest BCUT2D eigenvalue weighted by atomic mass is 15.1. The number of rotatable bonds is 5. The third-order valence-electron chi connectivity index (χ3n) is 3.32. The van der Waals surface area contributed by atoms with E-state index >= 15 is 0 Å². The van der Waals surface area contributed by atoms with Crippen LogP contribution in [-0.4, -0.2) is 51.2 Å². The number of hydrogen-bond donors (Lipinski definition) is 2. The SMILES string of the molecule is CCNCC(NC)C1CCN(C)CC1. The molecule has 1 heterocycles. The van der Waals surface area contributed by atoms with Crippen LogP contribution in [0, 0.1) is 5.92 Å². The zero-order chi connectivity index (χ0) is 10.4. The Balaban J connectivity index is 2.29. The standard InChI is InChI=1S/C11H25N3/c1-4-13-9-11(12-2)10-5-7-14(3)8-6-10/h10-13H,4-9H2,1-3H3. The highest BCUT2D eigenvalue weighted by molar-refractivity contribution is 4.81. The predicted molar refractivity (Wildman–Crippen MR) is 61.6 cm³/mol. The molecule has 0 amide bonds. The van der Waals surface area contributed by atoms with Crippen molar-refractivity contribution in [1.29, 1.82) is 0 Å². The van der Waals surface area contributed by atoms with Gasteiger partial charge in [0.05, 0.1) is 0 Å². The lowest BCUT2D eigenvalue weighted by molar-refractivity contribution is 0.186. The molecule has 1 rings (SSSR count). The summed E-state index contributed by atoms with van der Waals surface area (Å²) in [5.41, 5.74) is 0. The fraction of sp³-hybridized carbons (Fsp3) is 1.00.